The summed E-state index contributed by atoms with van der Waals surface area (Å²) in [6.45, 7) is 8.52. The minimum atomic E-state index is -1.16. The van der Waals surface area contributed by atoms with E-state index in [0.29, 0.717) is 49.1 Å². The second-order valence-electron chi connectivity index (χ2n) is 10.4. The Hall–Kier alpha value is -4.35. The largest absolute Gasteiger partial charge is 0.477 e. The highest BCUT2D eigenvalue weighted by Gasteiger charge is 2.26. The van der Waals surface area contributed by atoms with Crippen molar-refractivity contribution in [2.45, 2.75) is 26.2 Å². The predicted octanol–water partition coefficient (Wildman–Crippen LogP) is 5.09. The molecule has 0 aliphatic carbocycles. The number of fused-ring (bicyclic) bond motifs is 1. The molecule has 4 aromatic rings. The highest BCUT2D eigenvalue weighted by Crippen LogP contribution is 2.36. The molecule has 10 nitrogen and oxygen atoms in total. The first-order valence-corrected chi connectivity index (χ1v) is 13.6. The van der Waals surface area contributed by atoms with Gasteiger partial charge in [-0.25, -0.2) is 9.78 Å². The van der Waals surface area contributed by atoms with Crippen molar-refractivity contribution in [3.05, 3.63) is 70.0 Å². The molecule has 1 amide bonds. The maximum atomic E-state index is 13.3. The molecule has 5 rings (SSSR count). The molecule has 206 valence electrons. The Morgan fingerprint density at radius 2 is 1.73 bits per heavy atom. The van der Waals surface area contributed by atoms with Gasteiger partial charge in [0.15, 0.2) is 0 Å². The van der Waals surface area contributed by atoms with Gasteiger partial charge in [0.1, 0.15) is 10.7 Å². The Kier molecular flexibility index (Phi) is 7.51. The van der Waals surface area contributed by atoms with Crippen LogP contribution in [0.5, 0.6) is 0 Å². The predicted molar refractivity (Wildman–Crippen MR) is 155 cm³/mol. The number of nitrogens with zero attached hydrogens (tertiary/aromatic N) is 3. The van der Waals surface area contributed by atoms with Gasteiger partial charge in [-0.3, -0.25) is 9.59 Å². The standard InChI is InChI=1S/C29H29N5O5S/c1-29(2,3)22-16-21(25(40-22)27(37)38)32-26(36)24(35)19-8-9-20(18-7-5-4-6-17(18)19)31-23-10-11-30-28(33-23)34-12-14-39-15-13-34/h4-11,16H,12-15H2,1-3H3,(H,32,36)(H,37,38)(H,30,31,33). The number of carbonyl (C=O) groups excluding carboxylic acids is 2. The van der Waals surface area contributed by atoms with E-state index in [1.54, 1.807) is 42.6 Å². The zero-order valence-corrected chi connectivity index (χ0v) is 23.2. The van der Waals surface area contributed by atoms with Gasteiger partial charge >= 0.3 is 5.97 Å². The molecular formula is C29H29N5O5S. The molecular weight excluding hydrogens is 530 g/mol. The van der Waals surface area contributed by atoms with Gasteiger partial charge < -0.3 is 25.4 Å². The minimum Gasteiger partial charge on any atom is -0.477 e. The summed E-state index contributed by atoms with van der Waals surface area (Å²) in [6, 6.07) is 14.0. The number of aromatic carboxylic acids is 1. The second kappa shape index (κ2) is 11.0. The fraction of sp³-hybridized carbons (Fsp3) is 0.276. The van der Waals surface area contributed by atoms with Crippen LogP contribution in [0, 0.1) is 0 Å². The summed E-state index contributed by atoms with van der Waals surface area (Å²) < 4.78 is 5.41. The fourth-order valence-electron chi connectivity index (χ4n) is 4.39. The molecule has 0 spiro atoms. The molecule has 0 bridgehead atoms. The monoisotopic (exact) mass is 559 g/mol. The quantitative estimate of drug-likeness (QED) is 0.209. The number of hydrogen-bond donors (Lipinski definition) is 3. The van der Waals surface area contributed by atoms with Gasteiger partial charge in [-0.05, 0) is 35.1 Å². The average molecular weight is 560 g/mol. The maximum absolute atomic E-state index is 13.3. The molecule has 1 fully saturated rings. The van der Waals surface area contributed by atoms with Crippen molar-refractivity contribution in [3.8, 4) is 0 Å². The summed E-state index contributed by atoms with van der Waals surface area (Å²) in [5.41, 5.74) is 0.717. The maximum Gasteiger partial charge on any atom is 0.348 e. The van der Waals surface area contributed by atoms with Crippen molar-refractivity contribution in [3.63, 3.8) is 0 Å². The minimum absolute atomic E-state index is 0.0169. The Morgan fingerprint density at radius 3 is 2.42 bits per heavy atom. The van der Waals surface area contributed by atoms with Gasteiger partial charge in [-0.15, -0.1) is 11.3 Å². The Bertz CT molecular complexity index is 1600. The first-order chi connectivity index (χ1) is 19.1. The summed E-state index contributed by atoms with van der Waals surface area (Å²) in [5, 5.41) is 16.8. The van der Waals surface area contributed by atoms with E-state index in [2.05, 4.69) is 25.5 Å². The highest BCUT2D eigenvalue weighted by molar-refractivity contribution is 7.14. The first-order valence-electron chi connectivity index (χ1n) is 12.8. The second-order valence-corrected chi connectivity index (χ2v) is 11.4. The van der Waals surface area contributed by atoms with Crippen LogP contribution in [0.1, 0.15) is 45.7 Å². The third-order valence-electron chi connectivity index (χ3n) is 6.49. The number of carboxylic acids is 1. The van der Waals surface area contributed by atoms with Crippen LogP contribution < -0.4 is 15.5 Å². The SMILES string of the molecule is CC(C)(C)c1cc(NC(=O)C(=O)c2ccc(Nc3ccnc(N4CCOCC4)n3)c3ccccc23)c(C(=O)O)s1. The van der Waals surface area contributed by atoms with Crippen molar-refractivity contribution >= 4 is 62.9 Å². The molecule has 1 aliphatic rings. The zero-order chi connectivity index (χ0) is 28.4. The number of Topliss-reactive ketones (excluding diaryl/α,β-unsaturated/α-hetero) is 1. The van der Waals surface area contributed by atoms with E-state index >= 15 is 0 Å². The molecule has 1 saturated heterocycles. The van der Waals surface area contributed by atoms with E-state index in [4.69, 9.17) is 4.74 Å². The molecule has 2 aromatic heterocycles. The molecule has 1 aliphatic heterocycles. The number of carbonyl (C=O) groups is 3. The van der Waals surface area contributed by atoms with E-state index in [-0.39, 0.29) is 21.5 Å². The van der Waals surface area contributed by atoms with Crippen LogP contribution in [-0.4, -0.2) is 59.0 Å². The molecule has 3 N–H and O–H groups in total. The third kappa shape index (κ3) is 5.65. The van der Waals surface area contributed by atoms with Crippen LogP contribution in [0.3, 0.4) is 0 Å². The highest BCUT2D eigenvalue weighted by atomic mass is 32.1. The van der Waals surface area contributed by atoms with Crippen LogP contribution >= 0.6 is 11.3 Å². The topological polar surface area (TPSA) is 134 Å². The number of ketones is 1. The van der Waals surface area contributed by atoms with Crippen LogP contribution in [-0.2, 0) is 14.9 Å². The third-order valence-corrected chi connectivity index (χ3v) is 8.04. The summed E-state index contributed by atoms with van der Waals surface area (Å²) in [7, 11) is 0. The number of aromatic nitrogens is 2. The molecule has 0 unspecified atom stereocenters. The normalized spacial score (nSPS) is 13.7. The number of carboxylic acid groups (broad SMARTS) is 1. The van der Waals surface area contributed by atoms with Gasteiger partial charge in [0, 0.05) is 40.8 Å². The van der Waals surface area contributed by atoms with Crippen molar-refractivity contribution in [1.82, 2.24) is 9.97 Å². The number of anilines is 4. The average Bonchev–Trinajstić information content (AvgIpc) is 3.38. The van der Waals surface area contributed by atoms with Crippen molar-refractivity contribution in [2.24, 2.45) is 0 Å². The van der Waals surface area contributed by atoms with Crippen LogP contribution in [0.25, 0.3) is 10.8 Å². The van der Waals surface area contributed by atoms with Gasteiger partial charge in [-0.1, -0.05) is 45.0 Å². The number of amides is 1. The van der Waals surface area contributed by atoms with Crippen LogP contribution in [0.15, 0.2) is 54.7 Å². The number of thiophene rings is 1. The number of rotatable bonds is 7. The van der Waals surface area contributed by atoms with E-state index in [1.807, 2.05) is 32.9 Å². The van der Waals surface area contributed by atoms with Gasteiger partial charge in [-0.2, -0.15) is 4.98 Å². The number of hydrogen-bond acceptors (Lipinski definition) is 9. The first kappa shape index (κ1) is 27.2. The Morgan fingerprint density at radius 1 is 1.00 bits per heavy atom. The summed E-state index contributed by atoms with van der Waals surface area (Å²) >= 11 is 1.09. The smallest absolute Gasteiger partial charge is 0.348 e. The van der Waals surface area contributed by atoms with Crippen LogP contribution in [0.4, 0.5) is 23.1 Å². The van der Waals surface area contributed by atoms with Crippen molar-refractivity contribution < 1.29 is 24.2 Å². The Labute approximate surface area is 235 Å². The summed E-state index contributed by atoms with van der Waals surface area (Å²) in [4.78, 5) is 50.0. The van der Waals surface area contributed by atoms with Crippen molar-refractivity contribution in [1.29, 1.82) is 0 Å². The van der Waals surface area contributed by atoms with Crippen LogP contribution in [0.2, 0.25) is 0 Å². The number of morpholine rings is 1. The molecule has 0 atom stereocenters. The lowest BCUT2D eigenvalue weighted by Gasteiger charge is -2.26. The molecule has 11 heteroatoms. The van der Waals surface area contributed by atoms with Crippen molar-refractivity contribution in [2.75, 3.05) is 41.8 Å². The molecule has 2 aromatic carbocycles. The van der Waals surface area contributed by atoms with E-state index in [9.17, 15) is 19.5 Å². The fourth-order valence-corrected chi connectivity index (χ4v) is 5.40. The number of benzene rings is 2. The Balaban J connectivity index is 1.41. The van der Waals surface area contributed by atoms with Gasteiger partial charge in [0.2, 0.25) is 5.95 Å². The lowest BCUT2D eigenvalue weighted by Crippen LogP contribution is -2.37. The lowest BCUT2D eigenvalue weighted by molar-refractivity contribution is -0.112. The van der Waals surface area contributed by atoms with Gasteiger partial charge in [0.05, 0.1) is 18.9 Å². The summed E-state index contributed by atoms with van der Waals surface area (Å²) in [6.07, 6.45) is 1.69. The lowest BCUT2D eigenvalue weighted by atomic mass is 9.94. The molecule has 3 heterocycles. The van der Waals surface area contributed by atoms with E-state index in [1.165, 1.54) is 0 Å². The molecule has 0 radical (unpaired) electrons. The molecule has 0 saturated carbocycles. The number of ether oxygens (including phenoxy) is 1. The summed E-state index contributed by atoms with van der Waals surface area (Å²) in [5.74, 6) is -1.64. The zero-order valence-electron chi connectivity index (χ0n) is 22.4. The van der Waals surface area contributed by atoms with E-state index < -0.39 is 17.7 Å². The van der Waals surface area contributed by atoms with Gasteiger partial charge in [0.25, 0.3) is 11.7 Å². The number of nitrogens with one attached hydrogen (secondary N) is 2. The molecule has 40 heavy (non-hydrogen) atoms. The van der Waals surface area contributed by atoms with E-state index in [0.717, 1.165) is 21.6 Å².